The lowest BCUT2D eigenvalue weighted by Crippen LogP contribution is -1.93. The molecule has 0 fully saturated rings. The van der Waals surface area contributed by atoms with Crippen LogP contribution >= 0.6 is 10.9 Å². The summed E-state index contributed by atoms with van der Waals surface area (Å²) in [5, 5.41) is 11.3. The molecule has 0 radical (unpaired) electrons. The van der Waals surface area contributed by atoms with Crippen molar-refractivity contribution in [2.75, 3.05) is 6.61 Å². The van der Waals surface area contributed by atoms with Crippen LogP contribution < -0.4 is 0 Å². The summed E-state index contributed by atoms with van der Waals surface area (Å²) in [4.78, 5) is 12.8. The molecule has 3 heteroatoms. The predicted molar refractivity (Wildman–Crippen MR) is 63.0 cm³/mol. The van der Waals surface area contributed by atoms with E-state index in [2.05, 4.69) is 0 Å². The predicted octanol–water partition coefficient (Wildman–Crippen LogP) is 2.02. The highest BCUT2D eigenvalue weighted by Crippen LogP contribution is 2.49. The number of hydrogen-bond acceptors (Lipinski definition) is 2. The minimum atomic E-state index is -0.631. The topological polar surface area (TPSA) is 37.3 Å². The van der Waals surface area contributed by atoms with E-state index < -0.39 is 10.9 Å². The van der Waals surface area contributed by atoms with Gasteiger partial charge in [0.15, 0.2) is 6.29 Å². The molecule has 0 spiro atoms. The van der Waals surface area contributed by atoms with Crippen LogP contribution in [0.2, 0.25) is 0 Å². The molecule has 2 nitrogen and oxygen atoms in total. The average molecular weight is 220 g/mol. The second-order valence-electron chi connectivity index (χ2n) is 3.20. The van der Waals surface area contributed by atoms with Crippen LogP contribution in [0, 0.1) is 0 Å². The number of aliphatic hydroxyl groups excluding tert-OH is 1. The number of carbonyl (C=O) groups excluding carboxylic acids is 1. The molecule has 1 heterocycles. The first-order chi connectivity index (χ1) is 7.36. The molecule has 0 saturated heterocycles. The maximum Gasteiger partial charge on any atom is 0.150 e. The molecule has 2 rings (SSSR count). The maximum atomic E-state index is 10.7. The van der Waals surface area contributed by atoms with E-state index in [-0.39, 0.29) is 6.61 Å². The molecule has 1 atom stereocenters. The van der Waals surface area contributed by atoms with Gasteiger partial charge in [0.25, 0.3) is 0 Å². The van der Waals surface area contributed by atoms with Crippen molar-refractivity contribution >= 4 is 17.2 Å². The standard InChI is InChI=1S/C12H12O2S/c13-8-10-6-7-15(12(10)9-14)11-4-2-1-3-5-11/h1-8,14-15H,9H2. The fourth-order valence-electron chi connectivity index (χ4n) is 1.59. The Bertz CT molecular complexity index is 421. The van der Waals surface area contributed by atoms with E-state index in [1.807, 2.05) is 35.7 Å². The molecule has 1 aliphatic rings. The Kier molecular flexibility index (Phi) is 3.04. The number of benzene rings is 1. The SMILES string of the molecule is O=CC1=C(CO)[SH](c2ccccc2)C=C1. The molecular formula is C12H12O2S. The summed E-state index contributed by atoms with van der Waals surface area (Å²) in [6.45, 7) is -0.0400. The van der Waals surface area contributed by atoms with Crippen molar-refractivity contribution in [1.29, 1.82) is 0 Å². The van der Waals surface area contributed by atoms with Gasteiger partial charge in [-0.25, -0.2) is 0 Å². The zero-order valence-electron chi connectivity index (χ0n) is 8.13. The van der Waals surface area contributed by atoms with Crippen LogP contribution in [0.3, 0.4) is 0 Å². The third kappa shape index (κ3) is 1.89. The van der Waals surface area contributed by atoms with E-state index in [0.717, 1.165) is 11.2 Å². The van der Waals surface area contributed by atoms with Crippen LogP contribution in [0.4, 0.5) is 0 Å². The van der Waals surface area contributed by atoms with Crippen LogP contribution in [0.1, 0.15) is 0 Å². The number of rotatable bonds is 3. The van der Waals surface area contributed by atoms with Crippen LogP contribution in [0.25, 0.3) is 0 Å². The van der Waals surface area contributed by atoms with Crippen molar-refractivity contribution in [3.63, 3.8) is 0 Å². The molecule has 0 aromatic heterocycles. The fourth-order valence-corrected chi connectivity index (χ4v) is 3.61. The lowest BCUT2D eigenvalue weighted by atomic mass is 10.3. The fraction of sp³-hybridized carbons (Fsp3) is 0.0833. The summed E-state index contributed by atoms with van der Waals surface area (Å²) in [6, 6.07) is 9.96. The largest absolute Gasteiger partial charge is 0.391 e. The summed E-state index contributed by atoms with van der Waals surface area (Å²) in [7, 11) is -0.631. The number of carbonyl (C=O) groups is 1. The van der Waals surface area contributed by atoms with Gasteiger partial charge in [0.05, 0.1) is 6.61 Å². The van der Waals surface area contributed by atoms with Crippen molar-refractivity contribution in [3.8, 4) is 0 Å². The van der Waals surface area contributed by atoms with E-state index in [9.17, 15) is 9.90 Å². The van der Waals surface area contributed by atoms with Crippen LogP contribution in [0.15, 0.2) is 57.2 Å². The van der Waals surface area contributed by atoms with Gasteiger partial charge >= 0.3 is 0 Å². The van der Waals surface area contributed by atoms with Gasteiger partial charge in [-0.05, 0) is 28.5 Å². The van der Waals surface area contributed by atoms with Crippen molar-refractivity contribution in [3.05, 3.63) is 52.3 Å². The lowest BCUT2D eigenvalue weighted by Gasteiger charge is -2.16. The van der Waals surface area contributed by atoms with Gasteiger partial charge in [0, 0.05) is 10.5 Å². The maximum absolute atomic E-state index is 10.7. The quantitative estimate of drug-likeness (QED) is 0.604. The van der Waals surface area contributed by atoms with Crippen LogP contribution in [-0.2, 0) is 4.79 Å². The van der Waals surface area contributed by atoms with Gasteiger partial charge in [-0.2, -0.15) is 10.9 Å². The lowest BCUT2D eigenvalue weighted by molar-refractivity contribution is -0.104. The molecule has 1 aliphatic heterocycles. The Balaban J connectivity index is 2.38. The molecule has 1 aromatic rings. The van der Waals surface area contributed by atoms with Crippen LogP contribution in [-0.4, -0.2) is 18.0 Å². The molecule has 0 aliphatic carbocycles. The van der Waals surface area contributed by atoms with E-state index >= 15 is 0 Å². The Morgan fingerprint density at radius 3 is 2.60 bits per heavy atom. The number of aldehydes is 1. The highest BCUT2D eigenvalue weighted by molar-refractivity contribution is 8.23. The summed E-state index contributed by atoms with van der Waals surface area (Å²) in [6.07, 6.45) is 2.62. The van der Waals surface area contributed by atoms with Gasteiger partial charge in [-0.1, -0.05) is 18.2 Å². The molecule has 15 heavy (non-hydrogen) atoms. The smallest absolute Gasteiger partial charge is 0.150 e. The summed E-state index contributed by atoms with van der Waals surface area (Å²) in [5.74, 6) is 0. The number of thiol groups is 1. The second kappa shape index (κ2) is 4.47. The number of aliphatic hydroxyl groups is 1. The summed E-state index contributed by atoms with van der Waals surface area (Å²) >= 11 is 0. The van der Waals surface area contributed by atoms with E-state index in [1.54, 1.807) is 6.08 Å². The first-order valence-corrected chi connectivity index (χ1v) is 6.09. The molecule has 1 N–H and O–H groups in total. The van der Waals surface area contributed by atoms with Crippen molar-refractivity contribution < 1.29 is 9.90 Å². The molecule has 0 bridgehead atoms. The Hall–Kier alpha value is -1.32. The van der Waals surface area contributed by atoms with E-state index in [0.29, 0.717) is 5.57 Å². The minimum absolute atomic E-state index is 0.0400. The number of allylic oxidation sites excluding steroid dienone is 2. The van der Waals surface area contributed by atoms with Gasteiger partial charge in [0.1, 0.15) is 0 Å². The normalized spacial score (nSPS) is 22.1. The summed E-state index contributed by atoms with van der Waals surface area (Å²) < 4.78 is 0. The summed E-state index contributed by atoms with van der Waals surface area (Å²) in [5.41, 5.74) is 0.632. The van der Waals surface area contributed by atoms with Gasteiger partial charge in [-0.15, -0.1) is 0 Å². The number of hydrogen-bond donors (Lipinski definition) is 2. The Morgan fingerprint density at radius 2 is 2.00 bits per heavy atom. The first-order valence-electron chi connectivity index (χ1n) is 4.68. The zero-order chi connectivity index (χ0) is 10.7. The van der Waals surface area contributed by atoms with E-state index in [4.69, 9.17) is 0 Å². The van der Waals surface area contributed by atoms with Crippen molar-refractivity contribution in [2.45, 2.75) is 4.90 Å². The van der Waals surface area contributed by atoms with Crippen molar-refractivity contribution in [1.82, 2.24) is 0 Å². The third-order valence-corrected chi connectivity index (χ3v) is 4.62. The molecular weight excluding hydrogens is 208 g/mol. The Labute approximate surface area is 91.3 Å². The van der Waals surface area contributed by atoms with Gasteiger partial charge < -0.3 is 5.11 Å². The second-order valence-corrected chi connectivity index (χ2v) is 5.29. The average Bonchev–Trinajstić information content (AvgIpc) is 2.72. The minimum Gasteiger partial charge on any atom is -0.391 e. The molecule has 78 valence electrons. The third-order valence-electron chi connectivity index (χ3n) is 2.34. The van der Waals surface area contributed by atoms with Gasteiger partial charge in [0.2, 0.25) is 0 Å². The highest BCUT2D eigenvalue weighted by Gasteiger charge is 2.17. The Morgan fingerprint density at radius 1 is 1.27 bits per heavy atom. The zero-order valence-corrected chi connectivity index (χ0v) is 9.02. The molecule has 1 aromatic carbocycles. The van der Waals surface area contributed by atoms with Gasteiger partial charge in [-0.3, -0.25) is 4.79 Å². The molecule has 0 amide bonds. The monoisotopic (exact) mass is 220 g/mol. The highest BCUT2D eigenvalue weighted by atomic mass is 32.2. The van der Waals surface area contributed by atoms with Crippen LogP contribution in [0.5, 0.6) is 0 Å². The van der Waals surface area contributed by atoms with Crippen molar-refractivity contribution in [2.24, 2.45) is 0 Å². The van der Waals surface area contributed by atoms with E-state index in [1.165, 1.54) is 4.90 Å². The first kappa shape index (κ1) is 10.2. The molecule has 1 unspecified atom stereocenters. The molecule has 0 saturated carbocycles.